The Balaban J connectivity index is 0.859. The van der Waals surface area contributed by atoms with Crippen molar-refractivity contribution >= 4 is 0 Å². The zero-order chi connectivity index (χ0) is 63.2. The molecule has 0 aromatic heterocycles. The van der Waals surface area contributed by atoms with Crippen LogP contribution in [0.2, 0.25) is 0 Å². The van der Waals surface area contributed by atoms with Gasteiger partial charge in [-0.3, -0.25) is 0 Å². The number of benzene rings is 8. The Morgan fingerprint density at radius 3 is 0.882 bits per heavy atom. The lowest BCUT2D eigenvalue weighted by Gasteiger charge is -2.32. The van der Waals surface area contributed by atoms with E-state index in [4.69, 9.17) is 71.1 Å². The van der Waals surface area contributed by atoms with E-state index in [9.17, 15) is 10.2 Å². The van der Waals surface area contributed by atoms with Gasteiger partial charge in [-0.1, -0.05) is 243 Å². The number of rotatable bonds is 34. The maximum Gasteiger partial charge on any atom is 0.187 e. The van der Waals surface area contributed by atoms with Gasteiger partial charge in [-0.05, 0) is 44.5 Å². The van der Waals surface area contributed by atoms with Crippen LogP contribution in [0.5, 0.6) is 0 Å². The first-order valence-electron chi connectivity index (χ1n) is 32.0. The monoisotopic (exact) mass is 1270 g/mol. The topological polar surface area (TPSA) is 179 Å². The van der Waals surface area contributed by atoms with Crippen molar-refractivity contribution in [2.45, 2.75) is 151 Å². The molecule has 17 nitrogen and oxygen atoms in total. The Bertz CT molecular complexity index is 3350. The van der Waals surface area contributed by atoms with Crippen LogP contribution in [0.15, 0.2) is 243 Å². The van der Waals surface area contributed by atoms with Crippen molar-refractivity contribution in [3.63, 3.8) is 0 Å². The standard InChI is InChI=1S/C76H82O17/c77-65-66(82-44-56-31-15-4-16-32-56)61(49-79-41-53-25-9-1-10-26-53)89-74(65)87-52-64-69(70(73(78)88-64)85-47-59-37-21-7-22-38-59)92-76-72(68(84-46-58-35-19-6-20-36-58)63(91-76)51-81-43-55-29-13-3-14-30-55)93-75-71(86-48-60-39-23-8-24-40-60)67(83-45-57-33-17-5-18-34-57)62(90-75)50-80-42-54-27-11-2-12-28-54/h1-40,61-78H,41-52H2/t61-,62-,63-,64-,65+,66-,67-,68-,69-,70+,71+,72+,73+,74+,75+,76-/m1/s1. The summed E-state index contributed by atoms with van der Waals surface area (Å²) in [5.41, 5.74) is 7.50. The molecular formula is C76H82O17. The van der Waals surface area contributed by atoms with Crippen LogP contribution in [0, 0.1) is 0 Å². The van der Waals surface area contributed by atoms with Gasteiger partial charge in [0.25, 0.3) is 0 Å². The average molecular weight is 1270 g/mol. The molecule has 488 valence electrons. The largest absolute Gasteiger partial charge is 0.385 e. The normalized spacial score (nSPS) is 27.6. The van der Waals surface area contributed by atoms with Gasteiger partial charge in [0.2, 0.25) is 0 Å². The summed E-state index contributed by atoms with van der Waals surface area (Å²) in [6, 6.07) is 78.6. The van der Waals surface area contributed by atoms with Crippen molar-refractivity contribution in [2.24, 2.45) is 0 Å². The van der Waals surface area contributed by atoms with Crippen LogP contribution >= 0.6 is 0 Å². The maximum atomic E-state index is 12.1. The van der Waals surface area contributed by atoms with Gasteiger partial charge in [0.05, 0.1) is 79.3 Å². The molecule has 0 amide bonds. The molecule has 2 N–H and O–H groups in total. The lowest BCUT2D eigenvalue weighted by Crippen LogP contribution is -2.48. The van der Waals surface area contributed by atoms with Crippen LogP contribution < -0.4 is 0 Å². The maximum absolute atomic E-state index is 12.1. The van der Waals surface area contributed by atoms with Crippen molar-refractivity contribution < 1.29 is 81.3 Å². The SMILES string of the molecule is O[C@@H]1[C@@H](OC[C@H]2O[C@H](O)[C@@H](OCc3ccccc3)[C@@H]2O[C@H]2O[C@H](COCc3ccccc3)[C@@H](OCc3ccccc3)[C@@H]2O[C@@H]2O[C@H](COCc3ccccc3)[C@@H](OCc3ccccc3)[C@@H]2OCc2ccccc2)O[C@H](COCc2ccccc2)[C@H]1OCc1ccccc1. The highest BCUT2D eigenvalue weighted by Gasteiger charge is 2.57. The third-order valence-electron chi connectivity index (χ3n) is 16.7. The average Bonchev–Trinajstić information content (AvgIpc) is 1.66. The Hall–Kier alpha value is -6.92. The molecule has 0 radical (unpaired) electrons. The summed E-state index contributed by atoms with van der Waals surface area (Å²) in [5, 5.41) is 24.1. The van der Waals surface area contributed by atoms with E-state index in [1.54, 1.807) is 0 Å². The highest BCUT2D eigenvalue weighted by atomic mass is 16.8. The number of ether oxygens (including phenoxy) is 15. The van der Waals surface area contributed by atoms with E-state index in [1.165, 1.54) is 0 Å². The van der Waals surface area contributed by atoms with E-state index in [-0.39, 0.29) is 66.1 Å². The van der Waals surface area contributed by atoms with E-state index >= 15 is 0 Å². The van der Waals surface area contributed by atoms with E-state index in [0.717, 1.165) is 44.5 Å². The molecule has 4 heterocycles. The smallest absolute Gasteiger partial charge is 0.187 e. The molecule has 8 aromatic carbocycles. The Morgan fingerprint density at radius 2 is 0.505 bits per heavy atom. The highest BCUT2D eigenvalue weighted by molar-refractivity contribution is 5.20. The second-order valence-electron chi connectivity index (χ2n) is 23.5. The van der Waals surface area contributed by atoms with Gasteiger partial charge in [-0.2, -0.15) is 0 Å². The zero-order valence-corrected chi connectivity index (χ0v) is 51.8. The summed E-state index contributed by atoms with van der Waals surface area (Å²) in [7, 11) is 0. The minimum atomic E-state index is -1.52. The summed E-state index contributed by atoms with van der Waals surface area (Å²) >= 11 is 0. The second kappa shape index (κ2) is 34.5. The Labute approximate surface area is 543 Å². The molecule has 17 heteroatoms. The molecule has 16 atom stereocenters. The third-order valence-corrected chi connectivity index (χ3v) is 16.7. The van der Waals surface area contributed by atoms with Gasteiger partial charge in [-0.25, -0.2) is 0 Å². The van der Waals surface area contributed by atoms with Crippen LogP contribution in [0.25, 0.3) is 0 Å². The fourth-order valence-electron chi connectivity index (χ4n) is 11.9. The summed E-state index contributed by atoms with van der Waals surface area (Å²) in [6.07, 6.45) is -16.3. The lowest BCUT2D eigenvalue weighted by atomic mass is 10.1. The quantitative estimate of drug-likeness (QED) is 0.0389. The van der Waals surface area contributed by atoms with E-state index in [1.807, 2.05) is 243 Å². The van der Waals surface area contributed by atoms with E-state index in [2.05, 4.69) is 0 Å². The molecule has 0 aliphatic carbocycles. The van der Waals surface area contributed by atoms with Crippen molar-refractivity contribution in [3.8, 4) is 0 Å². The third kappa shape index (κ3) is 18.7. The first-order chi connectivity index (χ1) is 45.9. The molecular weight excluding hydrogens is 1180 g/mol. The van der Waals surface area contributed by atoms with E-state index < -0.39 is 98.4 Å². The van der Waals surface area contributed by atoms with Crippen LogP contribution in [-0.2, 0) is 124 Å². The van der Waals surface area contributed by atoms with Gasteiger partial charge in [0.1, 0.15) is 73.2 Å². The summed E-state index contributed by atoms with van der Waals surface area (Å²) in [4.78, 5) is 0. The Morgan fingerprint density at radius 1 is 0.237 bits per heavy atom. The summed E-state index contributed by atoms with van der Waals surface area (Å²) in [5.74, 6) is 0. The molecule has 8 aromatic rings. The Kier molecular flexibility index (Phi) is 24.5. The number of aliphatic hydroxyl groups excluding tert-OH is 2. The highest BCUT2D eigenvalue weighted by Crippen LogP contribution is 2.39. The number of aliphatic hydroxyl groups is 2. The predicted molar refractivity (Wildman–Crippen MR) is 342 cm³/mol. The lowest BCUT2D eigenvalue weighted by molar-refractivity contribution is -0.273. The van der Waals surface area contributed by atoms with Gasteiger partial charge >= 0.3 is 0 Å². The number of hydrogen-bond acceptors (Lipinski definition) is 17. The first-order valence-corrected chi connectivity index (χ1v) is 32.0. The van der Waals surface area contributed by atoms with Crippen LogP contribution in [0.1, 0.15) is 44.5 Å². The molecule has 0 saturated carbocycles. The van der Waals surface area contributed by atoms with Gasteiger partial charge in [-0.15, -0.1) is 0 Å². The molecule has 4 aliphatic heterocycles. The molecule has 4 aliphatic rings. The van der Waals surface area contributed by atoms with Crippen LogP contribution in [0.3, 0.4) is 0 Å². The molecule has 0 bridgehead atoms. The van der Waals surface area contributed by atoms with Crippen LogP contribution in [0.4, 0.5) is 0 Å². The molecule has 0 spiro atoms. The van der Waals surface area contributed by atoms with Gasteiger partial charge in [0, 0.05) is 0 Å². The summed E-state index contributed by atoms with van der Waals surface area (Å²) < 4.78 is 101. The molecule has 4 fully saturated rings. The molecule has 4 saturated heterocycles. The van der Waals surface area contributed by atoms with E-state index in [0.29, 0.717) is 13.2 Å². The zero-order valence-electron chi connectivity index (χ0n) is 51.8. The fraction of sp³-hybridized carbons (Fsp3) is 0.368. The van der Waals surface area contributed by atoms with Gasteiger partial charge < -0.3 is 81.3 Å². The van der Waals surface area contributed by atoms with Crippen molar-refractivity contribution in [1.82, 2.24) is 0 Å². The predicted octanol–water partition coefficient (Wildman–Crippen LogP) is 10.6. The minimum absolute atomic E-state index is 0.0528. The summed E-state index contributed by atoms with van der Waals surface area (Å²) in [6.45, 7) is 1.85. The van der Waals surface area contributed by atoms with Crippen LogP contribution in [-0.4, -0.2) is 135 Å². The fourth-order valence-corrected chi connectivity index (χ4v) is 11.9. The second-order valence-corrected chi connectivity index (χ2v) is 23.5. The van der Waals surface area contributed by atoms with Crippen molar-refractivity contribution in [3.05, 3.63) is 287 Å². The van der Waals surface area contributed by atoms with Crippen molar-refractivity contribution in [2.75, 3.05) is 26.4 Å². The molecule has 93 heavy (non-hydrogen) atoms. The first kappa shape index (κ1) is 66.1. The number of hydrogen-bond donors (Lipinski definition) is 2. The molecule has 12 rings (SSSR count). The van der Waals surface area contributed by atoms with Gasteiger partial charge in [0.15, 0.2) is 25.2 Å². The minimum Gasteiger partial charge on any atom is -0.385 e. The van der Waals surface area contributed by atoms with Crippen molar-refractivity contribution in [1.29, 1.82) is 0 Å². The molecule has 0 unspecified atom stereocenters.